The summed E-state index contributed by atoms with van der Waals surface area (Å²) in [6.07, 6.45) is 24.4. The molecule has 1 atom stereocenters. The van der Waals surface area contributed by atoms with E-state index in [1.165, 1.54) is 64.2 Å². The molecule has 0 aromatic rings. The Balaban J connectivity index is 3.37. The fourth-order valence-electron chi connectivity index (χ4n) is 2.63. The van der Waals surface area contributed by atoms with Gasteiger partial charge in [0.1, 0.15) is 0 Å². The van der Waals surface area contributed by atoms with Crippen LogP contribution >= 0.6 is 0 Å². The summed E-state index contributed by atoms with van der Waals surface area (Å²) in [5.41, 5.74) is 0. The van der Waals surface area contributed by atoms with Crippen molar-refractivity contribution in [2.24, 2.45) is 5.92 Å². The van der Waals surface area contributed by atoms with E-state index in [9.17, 15) is 4.79 Å². The van der Waals surface area contributed by atoms with Crippen LogP contribution in [0.3, 0.4) is 0 Å². The van der Waals surface area contributed by atoms with Crippen molar-refractivity contribution in [3.05, 3.63) is 24.3 Å². The first-order valence-corrected chi connectivity index (χ1v) is 9.72. The lowest BCUT2D eigenvalue weighted by molar-refractivity contribution is -0.137. The second kappa shape index (κ2) is 17.3. The van der Waals surface area contributed by atoms with E-state index in [0.29, 0.717) is 5.92 Å². The highest BCUT2D eigenvalue weighted by atomic mass is 16.4. The van der Waals surface area contributed by atoms with Crippen LogP contribution in [0.15, 0.2) is 24.3 Å². The molecule has 0 fully saturated rings. The van der Waals surface area contributed by atoms with Crippen LogP contribution in [0.4, 0.5) is 0 Å². The zero-order chi connectivity index (χ0) is 17.2. The Labute approximate surface area is 144 Å². The predicted octanol–water partition coefficient (Wildman–Crippen LogP) is 6.91. The monoisotopic (exact) mass is 322 g/mol. The molecule has 0 saturated heterocycles. The molecule has 0 aromatic heterocycles. The molecule has 0 aliphatic heterocycles. The van der Waals surface area contributed by atoms with Crippen LogP contribution in [0.2, 0.25) is 0 Å². The van der Waals surface area contributed by atoms with Crippen molar-refractivity contribution in [3.8, 4) is 0 Å². The minimum atomic E-state index is -0.702. The van der Waals surface area contributed by atoms with Crippen LogP contribution in [-0.4, -0.2) is 11.1 Å². The second-order valence-corrected chi connectivity index (χ2v) is 6.62. The summed E-state index contributed by atoms with van der Waals surface area (Å²) in [6.45, 7) is 4.45. The Morgan fingerprint density at radius 3 is 1.83 bits per heavy atom. The molecule has 1 N–H and O–H groups in total. The van der Waals surface area contributed by atoms with Crippen molar-refractivity contribution in [2.45, 2.75) is 97.3 Å². The Morgan fingerprint density at radius 1 is 0.826 bits per heavy atom. The highest BCUT2D eigenvalue weighted by Crippen LogP contribution is 2.11. The second-order valence-electron chi connectivity index (χ2n) is 6.62. The topological polar surface area (TPSA) is 37.3 Å². The lowest BCUT2D eigenvalue weighted by atomic mass is 10.1. The molecule has 2 heteroatoms. The van der Waals surface area contributed by atoms with Crippen molar-refractivity contribution in [2.75, 3.05) is 0 Å². The standard InChI is InChI=1S/C21H38O2/c1-3-4-5-6-7-8-9-10-11-12-14-17-20(2)18-15-13-16-19-21(22)23/h14-15,17-18,20H,3-13,16,19H2,1-2H3,(H,22,23). The Morgan fingerprint density at radius 2 is 1.30 bits per heavy atom. The van der Waals surface area contributed by atoms with Crippen LogP contribution < -0.4 is 0 Å². The van der Waals surface area contributed by atoms with Gasteiger partial charge in [-0.2, -0.15) is 0 Å². The van der Waals surface area contributed by atoms with E-state index in [1.807, 2.05) is 0 Å². The maximum absolute atomic E-state index is 10.4. The fourth-order valence-corrected chi connectivity index (χ4v) is 2.63. The first-order valence-electron chi connectivity index (χ1n) is 9.72. The molecule has 23 heavy (non-hydrogen) atoms. The average molecular weight is 323 g/mol. The molecule has 0 heterocycles. The number of carboxylic acids is 1. The SMILES string of the molecule is CCCCCCCCCCCC=CC(C)C=CCCCC(=O)O. The first-order chi connectivity index (χ1) is 11.2. The fraction of sp³-hybridized carbons (Fsp3) is 0.762. The molecule has 0 aliphatic rings. The Hall–Kier alpha value is -1.05. The third kappa shape index (κ3) is 18.9. The molecular weight excluding hydrogens is 284 g/mol. The normalized spacial score (nSPS) is 13.1. The van der Waals surface area contributed by atoms with E-state index in [2.05, 4.69) is 38.2 Å². The van der Waals surface area contributed by atoms with Gasteiger partial charge in [-0.3, -0.25) is 4.79 Å². The molecule has 0 rings (SSSR count). The molecule has 0 bridgehead atoms. The number of hydrogen-bond acceptors (Lipinski definition) is 1. The molecule has 134 valence electrons. The number of carboxylic acid groups (broad SMARTS) is 1. The highest BCUT2D eigenvalue weighted by Gasteiger charge is 1.95. The molecule has 0 spiro atoms. The number of allylic oxidation sites excluding steroid dienone is 4. The number of unbranched alkanes of at least 4 members (excludes halogenated alkanes) is 10. The smallest absolute Gasteiger partial charge is 0.303 e. The van der Waals surface area contributed by atoms with Crippen molar-refractivity contribution in [1.82, 2.24) is 0 Å². The quantitative estimate of drug-likeness (QED) is 0.247. The van der Waals surface area contributed by atoms with Crippen LogP contribution in [0.5, 0.6) is 0 Å². The van der Waals surface area contributed by atoms with Gasteiger partial charge in [-0.25, -0.2) is 0 Å². The summed E-state index contributed by atoms with van der Waals surface area (Å²) in [4.78, 5) is 10.4. The van der Waals surface area contributed by atoms with Gasteiger partial charge in [-0.1, -0.05) is 89.5 Å². The summed E-state index contributed by atoms with van der Waals surface area (Å²) < 4.78 is 0. The predicted molar refractivity (Wildman–Crippen MR) is 101 cm³/mol. The third-order valence-electron chi connectivity index (χ3n) is 4.12. The molecular formula is C21H38O2. The van der Waals surface area contributed by atoms with Gasteiger partial charge in [0.05, 0.1) is 0 Å². The lowest BCUT2D eigenvalue weighted by Crippen LogP contribution is -1.92. The van der Waals surface area contributed by atoms with Gasteiger partial charge in [0, 0.05) is 6.42 Å². The van der Waals surface area contributed by atoms with Crippen LogP contribution in [0, 0.1) is 5.92 Å². The zero-order valence-corrected chi connectivity index (χ0v) is 15.4. The van der Waals surface area contributed by atoms with Gasteiger partial charge >= 0.3 is 5.97 Å². The van der Waals surface area contributed by atoms with Gasteiger partial charge in [0.15, 0.2) is 0 Å². The van der Waals surface area contributed by atoms with Crippen LogP contribution in [0.1, 0.15) is 97.3 Å². The summed E-state index contributed by atoms with van der Waals surface area (Å²) in [5, 5.41) is 8.56. The van der Waals surface area contributed by atoms with Crippen molar-refractivity contribution >= 4 is 5.97 Å². The molecule has 2 nitrogen and oxygen atoms in total. The minimum Gasteiger partial charge on any atom is -0.481 e. The van der Waals surface area contributed by atoms with Gasteiger partial charge in [-0.15, -0.1) is 0 Å². The Kier molecular flexibility index (Phi) is 16.5. The first kappa shape index (κ1) is 21.9. The molecule has 0 aromatic carbocycles. The summed E-state index contributed by atoms with van der Waals surface area (Å²) >= 11 is 0. The Bertz CT molecular complexity index is 318. The summed E-state index contributed by atoms with van der Waals surface area (Å²) in [5.74, 6) is -0.245. The lowest BCUT2D eigenvalue weighted by Gasteiger charge is -2.01. The molecule has 0 saturated carbocycles. The van der Waals surface area contributed by atoms with E-state index in [-0.39, 0.29) is 6.42 Å². The summed E-state index contributed by atoms with van der Waals surface area (Å²) in [7, 11) is 0. The van der Waals surface area contributed by atoms with E-state index in [1.54, 1.807) is 0 Å². The van der Waals surface area contributed by atoms with Crippen LogP contribution in [-0.2, 0) is 4.79 Å². The largest absolute Gasteiger partial charge is 0.481 e. The van der Waals surface area contributed by atoms with Crippen LogP contribution in [0.25, 0.3) is 0 Å². The molecule has 0 aliphatic carbocycles. The van der Waals surface area contributed by atoms with E-state index in [4.69, 9.17) is 5.11 Å². The number of aliphatic carboxylic acids is 1. The zero-order valence-electron chi connectivity index (χ0n) is 15.4. The summed E-state index contributed by atoms with van der Waals surface area (Å²) in [6, 6.07) is 0. The number of carbonyl (C=O) groups is 1. The highest BCUT2D eigenvalue weighted by molar-refractivity contribution is 5.66. The third-order valence-corrected chi connectivity index (χ3v) is 4.12. The average Bonchev–Trinajstić information content (AvgIpc) is 2.52. The van der Waals surface area contributed by atoms with E-state index < -0.39 is 5.97 Å². The molecule has 0 amide bonds. The maximum atomic E-state index is 10.4. The van der Waals surface area contributed by atoms with E-state index in [0.717, 1.165) is 12.8 Å². The van der Waals surface area contributed by atoms with Crippen molar-refractivity contribution < 1.29 is 9.90 Å². The maximum Gasteiger partial charge on any atom is 0.303 e. The van der Waals surface area contributed by atoms with Crippen molar-refractivity contribution in [3.63, 3.8) is 0 Å². The van der Waals surface area contributed by atoms with Gasteiger partial charge < -0.3 is 5.11 Å². The van der Waals surface area contributed by atoms with Crippen molar-refractivity contribution in [1.29, 1.82) is 0 Å². The van der Waals surface area contributed by atoms with Gasteiger partial charge in [0.2, 0.25) is 0 Å². The van der Waals surface area contributed by atoms with Gasteiger partial charge in [-0.05, 0) is 31.6 Å². The molecule has 0 radical (unpaired) electrons. The number of rotatable bonds is 16. The minimum absolute atomic E-state index is 0.271. The number of hydrogen-bond donors (Lipinski definition) is 1. The molecule has 1 unspecified atom stereocenters. The van der Waals surface area contributed by atoms with Gasteiger partial charge in [0.25, 0.3) is 0 Å². The van der Waals surface area contributed by atoms with E-state index >= 15 is 0 Å².